The molecule has 1 aromatic heterocycles. The van der Waals surface area contributed by atoms with E-state index in [4.69, 9.17) is 16.7 Å². The maximum atomic E-state index is 9.11. The van der Waals surface area contributed by atoms with Crippen LogP contribution in [0.5, 0.6) is 0 Å². The van der Waals surface area contributed by atoms with Gasteiger partial charge in [-0.2, -0.15) is 5.10 Å². The van der Waals surface area contributed by atoms with Crippen LogP contribution in [0.25, 0.3) is 0 Å². The van der Waals surface area contributed by atoms with Gasteiger partial charge in [-0.3, -0.25) is 4.68 Å². The molecule has 2 N–H and O–H groups in total. The van der Waals surface area contributed by atoms with Crippen LogP contribution in [0.3, 0.4) is 0 Å². The number of aryl methyl sites for hydroxylation is 2. The Hall–Kier alpha value is -0.580. The van der Waals surface area contributed by atoms with Gasteiger partial charge in [0.05, 0.1) is 5.69 Å². The van der Waals surface area contributed by atoms with Crippen LogP contribution in [-0.4, -0.2) is 27.5 Å². The van der Waals surface area contributed by atoms with Gasteiger partial charge in [-0.05, 0) is 38.5 Å². The number of halogens is 1. The first-order valence-electron chi connectivity index (χ1n) is 6.64. The summed E-state index contributed by atoms with van der Waals surface area (Å²) in [6.07, 6.45) is 4.52. The lowest BCUT2D eigenvalue weighted by Gasteiger charge is -2.28. The number of aliphatic hydroxyl groups excluding tert-OH is 1. The summed E-state index contributed by atoms with van der Waals surface area (Å²) in [4.78, 5) is 0. The van der Waals surface area contributed by atoms with Gasteiger partial charge in [0.25, 0.3) is 0 Å². The molecule has 0 saturated heterocycles. The van der Waals surface area contributed by atoms with Crippen LogP contribution in [-0.2, 0) is 13.6 Å². The zero-order chi connectivity index (χ0) is 13.1. The Bertz CT molecular complexity index is 397. The SMILES string of the molecule is Cc1nn(C)c(Cl)c1CNC1CCC(CO)CC1. The number of hydrogen-bond acceptors (Lipinski definition) is 3. The zero-order valence-corrected chi connectivity index (χ0v) is 11.9. The van der Waals surface area contributed by atoms with Crippen molar-refractivity contribution in [2.24, 2.45) is 13.0 Å². The molecule has 1 aliphatic rings. The van der Waals surface area contributed by atoms with Crippen LogP contribution in [0.4, 0.5) is 0 Å². The number of nitrogens with one attached hydrogen (secondary N) is 1. The van der Waals surface area contributed by atoms with Crippen molar-refractivity contribution in [2.75, 3.05) is 6.61 Å². The Balaban J connectivity index is 1.85. The average molecular weight is 272 g/mol. The minimum Gasteiger partial charge on any atom is -0.396 e. The first-order chi connectivity index (χ1) is 8.61. The molecule has 1 saturated carbocycles. The Morgan fingerprint density at radius 3 is 2.56 bits per heavy atom. The second-order valence-corrected chi connectivity index (χ2v) is 5.62. The lowest BCUT2D eigenvalue weighted by Crippen LogP contribution is -2.33. The van der Waals surface area contributed by atoms with Crippen molar-refractivity contribution in [3.8, 4) is 0 Å². The molecule has 102 valence electrons. The Kier molecular flexibility index (Phi) is 4.65. The normalized spacial score (nSPS) is 24.4. The third-order valence-electron chi connectivity index (χ3n) is 3.94. The summed E-state index contributed by atoms with van der Waals surface area (Å²) < 4.78 is 1.72. The number of aromatic nitrogens is 2. The fraction of sp³-hybridized carbons (Fsp3) is 0.769. The first kappa shape index (κ1) is 13.8. The molecule has 1 heterocycles. The minimum absolute atomic E-state index is 0.334. The van der Waals surface area contributed by atoms with Crippen molar-refractivity contribution in [3.63, 3.8) is 0 Å². The van der Waals surface area contributed by atoms with Gasteiger partial charge in [-0.1, -0.05) is 11.6 Å². The quantitative estimate of drug-likeness (QED) is 0.881. The molecule has 1 aliphatic carbocycles. The molecule has 0 radical (unpaired) electrons. The second kappa shape index (κ2) is 6.04. The van der Waals surface area contributed by atoms with E-state index in [2.05, 4.69) is 10.4 Å². The van der Waals surface area contributed by atoms with E-state index in [0.29, 0.717) is 18.6 Å². The molecule has 1 aromatic rings. The van der Waals surface area contributed by atoms with Crippen molar-refractivity contribution in [3.05, 3.63) is 16.4 Å². The molecule has 0 atom stereocenters. The monoisotopic (exact) mass is 271 g/mol. The van der Waals surface area contributed by atoms with E-state index in [1.54, 1.807) is 4.68 Å². The summed E-state index contributed by atoms with van der Waals surface area (Å²) in [6, 6.07) is 0.545. The number of rotatable bonds is 4. The fourth-order valence-electron chi connectivity index (χ4n) is 2.67. The van der Waals surface area contributed by atoms with E-state index < -0.39 is 0 Å². The summed E-state index contributed by atoms with van der Waals surface area (Å²) in [7, 11) is 1.87. The highest BCUT2D eigenvalue weighted by Crippen LogP contribution is 2.25. The van der Waals surface area contributed by atoms with E-state index in [0.717, 1.165) is 48.6 Å². The largest absolute Gasteiger partial charge is 0.396 e. The van der Waals surface area contributed by atoms with Gasteiger partial charge in [0, 0.05) is 31.8 Å². The van der Waals surface area contributed by atoms with Crippen LogP contribution in [0.1, 0.15) is 36.9 Å². The highest BCUT2D eigenvalue weighted by atomic mass is 35.5. The summed E-state index contributed by atoms with van der Waals surface area (Å²) in [6.45, 7) is 3.11. The van der Waals surface area contributed by atoms with Gasteiger partial charge < -0.3 is 10.4 Å². The van der Waals surface area contributed by atoms with Crippen LogP contribution >= 0.6 is 11.6 Å². The highest BCUT2D eigenvalue weighted by Gasteiger charge is 2.21. The van der Waals surface area contributed by atoms with Crippen LogP contribution < -0.4 is 5.32 Å². The predicted octanol–water partition coefficient (Wildman–Crippen LogP) is 2.02. The van der Waals surface area contributed by atoms with E-state index in [1.165, 1.54) is 0 Å². The Morgan fingerprint density at radius 2 is 2.06 bits per heavy atom. The van der Waals surface area contributed by atoms with Crippen molar-refractivity contribution in [1.82, 2.24) is 15.1 Å². The minimum atomic E-state index is 0.334. The maximum absolute atomic E-state index is 9.11. The topological polar surface area (TPSA) is 50.1 Å². The molecule has 0 aromatic carbocycles. The molecule has 18 heavy (non-hydrogen) atoms. The average Bonchev–Trinajstić information content (AvgIpc) is 2.62. The molecule has 0 aliphatic heterocycles. The lowest BCUT2D eigenvalue weighted by molar-refractivity contribution is 0.175. The summed E-state index contributed by atoms with van der Waals surface area (Å²) >= 11 is 6.20. The van der Waals surface area contributed by atoms with E-state index in [9.17, 15) is 0 Å². The first-order valence-corrected chi connectivity index (χ1v) is 7.01. The highest BCUT2D eigenvalue weighted by molar-refractivity contribution is 6.30. The van der Waals surface area contributed by atoms with Crippen molar-refractivity contribution < 1.29 is 5.11 Å². The van der Waals surface area contributed by atoms with Gasteiger partial charge in [-0.25, -0.2) is 0 Å². The van der Waals surface area contributed by atoms with Crippen LogP contribution in [0.15, 0.2) is 0 Å². The van der Waals surface area contributed by atoms with Gasteiger partial charge in [0.2, 0.25) is 0 Å². The zero-order valence-electron chi connectivity index (χ0n) is 11.1. The molecule has 0 amide bonds. The smallest absolute Gasteiger partial charge is 0.131 e. The van der Waals surface area contributed by atoms with Crippen molar-refractivity contribution in [1.29, 1.82) is 0 Å². The van der Waals surface area contributed by atoms with Crippen molar-refractivity contribution >= 4 is 11.6 Å². The molecule has 5 heteroatoms. The van der Waals surface area contributed by atoms with Gasteiger partial charge in [-0.15, -0.1) is 0 Å². The number of nitrogens with zero attached hydrogens (tertiary/aromatic N) is 2. The third-order valence-corrected chi connectivity index (χ3v) is 4.42. The standard InChI is InChI=1S/C13H22ClN3O/c1-9-12(13(14)17(2)16-9)7-15-11-5-3-10(8-18)4-6-11/h10-11,15,18H,3-8H2,1-2H3. The fourth-order valence-corrected chi connectivity index (χ4v) is 2.91. The Labute approximate surface area is 113 Å². The second-order valence-electron chi connectivity index (χ2n) is 5.26. The summed E-state index contributed by atoms with van der Waals surface area (Å²) in [5, 5.41) is 17.7. The molecular formula is C13H22ClN3O. The molecule has 0 spiro atoms. The van der Waals surface area contributed by atoms with E-state index in [-0.39, 0.29) is 0 Å². The van der Waals surface area contributed by atoms with Crippen LogP contribution in [0, 0.1) is 12.8 Å². The van der Waals surface area contributed by atoms with E-state index in [1.807, 2.05) is 14.0 Å². The molecule has 0 bridgehead atoms. The molecule has 1 fully saturated rings. The predicted molar refractivity (Wildman–Crippen MR) is 72.6 cm³/mol. The number of hydrogen-bond donors (Lipinski definition) is 2. The summed E-state index contributed by atoms with van der Waals surface area (Å²) in [5.74, 6) is 0.506. The van der Waals surface area contributed by atoms with E-state index >= 15 is 0 Å². The molecule has 0 unspecified atom stereocenters. The molecular weight excluding hydrogens is 250 g/mol. The van der Waals surface area contributed by atoms with Gasteiger partial charge in [0.15, 0.2) is 0 Å². The molecule has 4 nitrogen and oxygen atoms in total. The third kappa shape index (κ3) is 3.05. The summed E-state index contributed by atoms with van der Waals surface area (Å²) in [5.41, 5.74) is 2.10. The molecule has 2 rings (SSSR count). The number of aliphatic hydroxyl groups is 1. The van der Waals surface area contributed by atoms with Gasteiger partial charge >= 0.3 is 0 Å². The van der Waals surface area contributed by atoms with Crippen molar-refractivity contribution in [2.45, 2.75) is 45.2 Å². The van der Waals surface area contributed by atoms with Gasteiger partial charge in [0.1, 0.15) is 5.15 Å². The Morgan fingerprint density at radius 1 is 1.39 bits per heavy atom. The van der Waals surface area contributed by atoms with Crippen LogP contribution in [0.2, 0.25) is 5.15 Å². The lowest BCUT2D eigenvalue weighted by atomic mass is 9.86. The maximum Gasteiger partial charge on any atom is 0.131 e.